The second-order valence-corrected chi connectivity index (χ2v) is 8.20. The largest absolute Gasteiger partial charge is 0.497 e. The van der Waals surface area contributed by atoms with Crippen molar-refractivity contribution in [1.29, 1.82) is 0 Å². The molecule has 0 bridgehead atoms. The van der Waals surface area contributed by atoms with Crippen molar-refractivity contribution in [3.05, 3.63) is 57.9 Å². The molecule has 0 fully saturated rings. The van der Waals surface area contributed by atoms with E-state index in [1.807, 2.05) is 29.6 Å². The number of thiazole rings is 1. The van der Waals surface area contributed by atoms with Gasteiger partial charge in [-0.3, -0.25) is 14.9 Å². The zero-order valence-corrected chi connectivity index (χ0v) is 19.4. The van der Waals surface area contributed by atoms with E-state index < -0.39 is 11.9 Å². The summed E-state index contributed by atoms with van der Waals surface area (Å²) in [5.41, 5.74) is 1.63. The Bertz CT molecular complexity index is 1070. The number of hydrogen-bond donors (Lipinski definition) is 1. The lowest BCUT2D eigenvalue weighted by atomic mass is 10.2. The average molecular weight is 495 g/mol. The Balaban J connectivity index is 1.36. The maximum atomic E-state index is 12.0. The summed E-state index contributed by atoms with van der Waals surface area (Å²) in [4.78, 5) is 28.3. The molecule has 0 aliphatic heterocycles. The predicted octanol–water partition coefficient (Wildman–Crippen LogP) is 5.47. The molecule has 168 valence electrons. The van der Waals surface area contributed by atoms with E-state index in [9.17, 15) is 9.59 Å². The van der Waals surface area contributed by atoms with Gasteiger partial charge in [0.05, 0.1) is 24.4 Å². The summed E-state index contributed by atoms with van der Waals surface area (Å²) >= 11 is 13.1. The minimum atomic E-state index is -0.496. The first-order chi connectivity index (χ1) is 15.4. The number of nitrogens with zero attached hydrogens (tertiary/aromatic N) is 1. The second-order valence-electron chi connectivity index (χ2n) is 6.50. The van der Waals surface area contributed by atoms with Crippen LogP contribution in [0.15, 0.2) is 47.8 Å². The molecule has 0 radical (unpaired) electrons. The first-order valence-electron chi connectivity index (χ1n) is 9.58. The van der Waals surface area contributed by atoms with Gasteiger partial charge in [0.15, 0.2) is 11.7 Å². The fourth-order valence-electron chi connectivity index (χ4n) is 2.59. The maximum Gasteiger partial charge on any atom is 0.306 e. The Labute approximate surface area is 199 Å². The molecule has 1 amide bonds. The summed E-state index contributed by atoms with van der Waals surface area (Å²) in [6.45, 7) is -0.115. The Kier molecular flexibility index (Phi) is 8.72. The molecular formula is C22H20Cl2N2O5S. The van der Waals surface area contributed by atoms with E-state index in [1.54, 1.807) is 25.3 Å². The number of halogens is 2. The lowest BCUT2D eigenvalue weighted by Gasteiger charge is -2.08. The molecule has 3 aromatic rings. The van der Waals surface area contributed by atoms with Crippen LogP contribution in [0.5, 0.6) is 11.5 Å². The Morgan fingerprint density at radius 1 is 1.12 bits per heavy atom. The van der Waals surface area contributed by atoms with Crippen LogP contribution in [0.4, 0.5) is 5.13 Å². The van der Waals surface area contributed by atoms with Gasteiger partial charge < -0.3 is 14.2 Å². The van der Waals surface area contributed by atoms with Crippen LogP contribution < -0.4 is 14.8 Å². The number of nitrogens with one attached hydrogen (secondary N) is 1. The fraction of sp³-hybridized carbons (Fsp3) is 0.227. The van der Waals surface area contributed by atoms with Gasteiger partial charge in [-0.15, -0.1) is 11.3 Å². The van der Waals surface area contributed by atoms with Gasteiger partial charge >= 0.3 is 5.97 Å². The van der Waals surface area contributed by atoms with Gasteiger partial charge in [-0.2, -0.15) is 0 Å². The number of hydrogen-bond acceptors (Lipinski definition) is 7. The molecule has 0 unspecified atom stereocenters. The van der Waals surface area contributed by atoms with Gasteiger partial charge in [0, 0.05) is 22.4 Å². The molecule has 0 aliphatic rings. The number of esters is 1. The molecule has 2 aromatic carbocycles. The van der Waals surface area contributed by atoms with Gasteiger partial charge in [-0.05, 0) is 48.9 Å². The lowest BCUT2D eigenvalue weighted by Crippen LogP contribution is -2.21. The SMILES string of the molecule is COc1ccc(-c2csc(NC(=O)COC(=O)CCCOc3ccc(Cl)cc3Cl)n2)cc1. The molecular weight excluding hydrogens is 475 g/mol. The van der Waals surface area contributed by atoms with Gasteiger partial charge in [-0.1, -0.05) is 23.2 Å². The molecule has 1 aromatic heterocycles. The highest BCUT2D eigenvalue weighted by Gasteiger charge is 2.11. The third kappa shape index (κ3) is 7.12. The first-order valence-corrected chi connectivity index (χ1v) is 11.2. The number of rotatable bonds is 10. The summed E-state index contributed by atoms with van der Waals surface area (Å²) < 4.78 is 15.6. The monoisotopic (exact) mass is 494 g/mol. The van der Waals surface area contributed by atoms with E-state index in [0.29, 0.717) is 27.3 Å². The number of amides is 1. The molecule has 10 heteroatoms. The normalized spacial score (nSPS) is 10.5. The summed E-state index contributed by atoms with van der Waals surface area (Å²) in [6, 6.07) is 12.3. The number of carbonyl (C=O) groups excluding carboxylic acids is 2. The molecule has 0 spiro atoms. The highest BCUT2D eigenvalue weighted by atomic mass is 35.5. The molecule has 0 saturated heterocycles. The standard InChI is InChI=1S/C22H20Cl2N2O5S/c1-29-16-7-4-14(5-8-16)18-13-32-22(25-18)26-20(27)12-31-21(28)3-2-10-30-19-9-6-15(23)11-17(19)24/h4-9,11,13H,2-3,10,12H2,1H3,(H,25,26,27). The van der Waals surface area contributed by atoms with Crippen LogP contribution in [0.25, 0.3) is 11.3 Å². The van der Waals surface area contributed by atoms with Crippen molar-refractivity contribution in [2.24, 2.45) is 0 Å². The van der Waals surface area contributed by atoms with Gasteiger partial charge in [0.2, 0.25) is 0 Å². The Hall–Kier alpha value is -2.81. The Morgan fingerprint density at radius 3 is 2.62 bits per heavy atom. The van der Waals surface area contributed by atoms with E-state index in [0.717, 1.165) is 17.0 Å². The number of aromatic nitrogens is 1. The van der Waals surface area contributed by atoms with Crippen LogP contribution in [0, 0.1) is 0 Å². The average Bonchev–Trinajstić information content (AvgIpc) is 3.25. The third-order valence-electron chi connectivity index (χ3n) is 4.18. The van der Waals surface area contributed by atoms with Crippen molar-refractivity contribution in [2.45, 2.75) is 12.8 Å². The highest BCUT2D eigenvalue weighted by molar-refractivity contribution is 7.14. The molecule has 3 rings (SSSR count). The topological polar surface area (TPSA) is 86.8 Å². The van der Waals surface area contributed by atoms with Gasteiger partial charge in [-0.25, -0.2) is 4.98 Å². The second kappa shape index (κ2) is 11.7. The summed E-state index contributed by atoms with van der Waals surface area (Å²) in [6.07, 6.45) is 0.522. The fourth-order valence-corrected chi connectivity index (χ4v) is 3.79. The predicted molar refractivity (Wildman–Crippen MR) is 125 cm³/mol. The molecule has 1 N–H and O–H groups in total. The van der Waals surface area contributed by atoms with Crippen molar-refractivity contribution in [1.82, 2.24) is 4.98 Å². The number of methoxy groups -OCH3 is 1. The van der Waals surface area contributed by atoms with Crippen LogP contribution >= 0.6 is 34.5 Å². The minimum absolute atomic E-state index is 0.108. The van der Waals surface area contributed by atoms with Crippen molar-refractivity contribution < 1.29 is 23.8 Å². The quantitative estimate of drug-likeness (QED) is 0.297. The van der Waals surface area contributed by atoms with Gasteiger partial charge in [0.1, 0.15) is 11.5 Å². The van der Waals surface area contributed by atoms with Crippen LogP contribution in [0.2, 0.25) is 10.0 Å². The summed E-state index contributed by atoms with van der Waals surface area (Å²) in [5, 5.41) is 5.79. The van der Waals surface area contributed by atoms with Crippen LogP contribution in [0.3, 0.4) is 0 Å². The van der Waals surface area contributed by atoms with Crippen LogP contribution in [0.1, 0.15) is 12.8 Å². The van der Waals surface area contributed by atoms with Crippen LogP contribution in [-0.2, 0) is 14.3 Å². The van der Waals surface area contributed by atoms with E-state index in [4.69, 9.17) is 37.4 Å². The minimum Gasteiger partial charge on any atom is -0.497 e. The van der Waals surface area contributed by atoms with Crippen molar-refractivity contribution in [2.75, 3.05) is 25.6 Å². The van der Waals surface area contributed by atoms with Crippen LogP contribution in [-0.4, -0.2) is 37.2 Å². The zero-order valence-electron chi connectivity index (χ0n) is 17.1. The molecule has 32 heavy (non-hydrogen) atoms. The lowest BCUT2D eigenvalue weighted by molar-refractivity contribution is -0.147. The van der Waals surface area contributed by atoms with E-state index in [-0.39, 0.29) is 19.6 Å². The number of benzene rings is 2. The molecule has 7 nitrogen and oxygen atoms in total. The maximum absolute atomic E-state index is 12.0. The van der Waals surface area contributed by atoms with Crippen molar-refractivity contribution in [3.8, 4) is 22.8 Å². The molecule has 0 atom stereocenters. The van der Waals surface area contributed by atoms with E-state index >= 15 is 0 Å². The number of ether oxygens (including phenoxy) is 3. The zero-order chi connectivity index (χ0) is 22.9. The number of anilines is 1. The first kappa shape index (κ1) is 23.8. The Morgan fingerprint density at radius 2 is 1.91 bits per heavy atom. The summed E-state index contributed by atoms with van der Waals surface area (Å²) in [5.74, 6) is 0.281. The van der Waals surface area contributed by atoms with E-state index in [1.165, 1.54) is 11.3 Å². The van der Waals surface area contributed by atoms with Crippen molar-refractivity contribution in [3.63, 3.8) is 0 Å². The smallest absolute Gasteiger partial charge is 0.306 e. The highest BCUT2D eigenvalue weighted by Crippen LogP contribution is 2.28. The summed E-state index contributed by atoms with van der Waals surface area (Å²) in [7, 11) is 1.60. The molecule has 1 heterocycles. The number of carbonyl (C=O) groups is 2. The molecule has 0 aliphatic carbocycles. The van der Waals surface area contributed by atoms with Gasteiger partial charge in [0.25, 0.3) is 5.91 Å². The van der Waals surface area contributed by atoms with Crippen molar-refractivity contribution >= 4 is 51.5 Å². The molecule has 0 saturated carbocycles. The third-order valence-corrected chi connectivity index (χ3v) is 5.47. The van der Waals surface area contributed by atoms with E-state index in [2.05, 4.69) is 10.3 Å².